The third-order valence-electron chi connectivity index (χ3n) is 2.11. The topological polar surface area (TPSA) is 118 Å². The molecule has 18 heavy (non-hydrogen) atoms. The van der Waals surface area contributed by atoms with Gasteiger partial charge in [-0.3, -0.25) is 14.9 Å². The molecule has 1 N–H and O–H groups in total. The van der Waals surface area contributed by atoms with Gasteiger partial charge in [0.05, 0.1) is 4.92 Å². The molecule has 0 radical (unpaired) electrons. The van der Waals surface area contributed by atoms with Crippen molar-refractivity contribution in [2.75, 3.05) is 13.6 Å². The number of nitro benzene ring substituents is 1. The molecule has 0 aromatic heterocycles. The first kappa shape index (κ1) is 14.1. The summed E-state index contributed by atoms with van der Waals surface area (Å²) in [6, 6.07) is 4.76. The minimum atomic E-state index is -4.20. The largest absolute Gasteiger partial charge is 0.480 e. The Bertz CT molecular complexity index is 582. The van der Waals surface area contributed by atoms with Crippen LogP contribution in [0, 0.1) is 10.1 Å². The van der Waals surface area contributed by atoms with Crippen LogP contribution in [0.3, 0.4) is 0 Å². The minimum Gasteiger partial charge on any atom is -0.480 e. The van der Waals surface area contributed by atoms with Gasteiger partial charge in [-0.05, 0) is 6.07 Å². The number of hydrogen-bond donors (Lipinski definition) is 1. The molecule has 0 amide bonds. The molecule has 0 aliphatic heterocycles. The summed E-state index contributed by atoms with van der Waals surface area (Å²) < 4.78 is 24.4. The van der Waals surface area contributed by atoms with Gasteiger partial charge >= 0.3 is 5.97 Å². The second kappa shape index (κ2) is 5.10. The number of hydrogen-bond acceptors (Lipinski definition) is 5. The zero-order valence-corrected chi connectivity index (χ0v) is 10.1. The van der Waals surface area contributed by atoms with Gasteiger partial charge in [0.2, 0.25) is 10.0 Å². The molecule has 0 fully saturated rings. The van der Waals surface area contributed by atoms with E-state index in [4.69, 9.17) is 5.11 Å². The Morgan fingerprint density at radius 3 is 2.50 bits per heavy atom. The lowest BCUT2D eigenvalue weighted by atomic mass is 10.3. The number of aliphatic carboxylic acids is 1. The monoisotopic (exact) mass is 274 g/mol. The smallest absolute Gasteiger partial charge is 0.318 e. The van der Waals surface area contributed by atoms with E-state index >= 15 is 0 Å². The van der Waals surface area contributed by atoms with Crippen LogP contribution >= 0.6 is 0 Å². The summed E-state index contributed by atoms with van der Waals surface area (Å²) >= 11 is 0. The molecule has 0 bridgehead atoms. The van der Waals surface area contributed by atoms with Crippen molar-refractivity contribution in [1.29, 1.82) is 0 Å². The Hall–Kier alpha value is -2.00. The second-order valence-corrected chi connectivity index (χ2v) is 5.39. The summed E-state index contributed by atoms with van der Waals surface area (Å²) in [5, 5.41) is 19.3. The van der Waals surface area contributed by atoms with Crippen molar-refractivity contribution >= 4 is 21.7 Å². The van der Waals surface area contributed by atoms with Gasteiger partial charge in [0.15, 0.2) is 4.90 Å². The fraction of sp³-hybridized carbons (Fsp3) is 0.222. The first-order valence-electron chi connectivity index (χ1n) is 4.68. The summed E-state index contributed by atoms with van der Waals surface area (Å²) in [7, 11) is -3.16. The lowest BCUT2D eigenvalue weighted by molar-refractivity contribution is -0.387. The first-order valence-corrected chi connectivity index (χ1v) is 6.12. The van der Waals surface area contributed by atoms with Crippen molar-refractivity contribution in [3.63, 3.8) is 0 Å². The van der Waals surface area contributed by atoms with Gasteiger partial charge in [-0.25, -0.2) is 8.42 Å². The Morgan fingerprint density at radius 1 is 1.44 bits per heavy atom. The van der Waals surface area contributed by atoms with Crippen LogP contribution < -0.4 is 0 Å². The molecular weight excluding hydrogens is 264 g/mol. The Labute approximate surface area is 103 Å². The fourth-order valence-electron chi connectivity index (χ4n) is 1.27. The Morgan fingerprint density at radius 2 is 2.00 bits per heavy atom. The molecule has 0 spiro atoms. The zero-order chi connectivity index (χ0) is 13.9. The summed E-state index contributed by atoms with van der Waals surface area (Å²) in [6.45, 7) is -0.769. The van der Waals surface area contributed by atoms with Gasteiger partial charge in [-0.1, -0.05) is 12.1 Å². The zero-order valence-electron chi connectivity index (χ0n) is 9.31. The molecule has 1 aromatic rings. The normalized spacial score (nSPS) is 11.4. The number of carboxylic acid groups (broad SMARTS) is 1. The SMILES string of the molecule is CN(CC(=O)O)S(=O)(=O)c1ccccc1[N+](=O)[O-]. The highest BCUT2D eigenvalue weighted by Crippen LogP contribution is 2.25. The average molecular weight is 274 g/mol. The van der Waals surface area contributed by atoms with E-state index in [0.29, 0.717) is 4.31 Å². The molecule has 98 valence electrons. The molecule has 0 saturated carbocycles. The highest BCUT2D eigenvalue weighted by atomic mass is 32.2. The number of rotatable bonds is 5. The number of carboxylic acids is 1. The van der Waals surface area contributed by atoms with Crippen molar-refractivity contribution in [3.05, 3.63) is 34.4 Å². The van der Waals surface area contributed by atoms with Crippen molar-refractivity contribution in [1.82, 2.24) is 4.31 Å². The highest BCUT2D eigenvalue weighted by Gasteiger charge is 2.29. The lowest BCUT2D eigenvalue weighted by Gasteiger charge is -2.14. The second-order valence-electron chi connectivity index (χ2n) is 3.38. The fourth-order valence-corrected chi connectivity index (χ4v) is 2.54. The third kappa shape index (κ3) is 2.81. The Balaban J connectivity index is 3.29. The van der Waals surface area contributed by atoms with Crippen LogP contribution in [0.1, 0.15) is 0 Å². The summed E-state index contributed by atoms with van der Waals surface area (Å²) in [6.07, 6.45) is 0. The van der Waals surface area contributed by atoms with E-state index in [9.17, 15) is 23.3 Å². The molecule has 0 heterocycles. The molecule has 1 rings (SSSR count). The van der Waals surface area contributed by atoms with Crippen LogP contribution in [-0.2, 0) is 14.8 Å². The summed E-state index contributed by atoms with van der Waals surface area (Å²) in [5.74, 6) is -1.35. The molecule has 8 nitrogen and oxygen atoms in total. The molecule has 0 saturated heterocycles. The van der Waals surface area contributed by atoms with Gasteiger partial charge in [-0.2, -0.15) is 4.31 Å². The number of likely N-dealkylation sites (N-methyl/N-ethyl adjacent to an activating group) is 1. The maximum Gasteiger partial charge on any atom is 0.318 e. The predicted molar refractivity (Wildman–Crippen MR) is 60.5 cm³/mol. The number of para-hydroxylation sites is 1. The maximum absolute atomic E-state index is 12.0. The van der Waals surface area contributed by atoms with Crippen molar-refractivity contribution < 1.29 is 23.2 Å². The van der Waals surface area contributed by atoms with Crippen LogP contribution in [0.5, 0.6) is 0 Å². The van der Waals surface area contributed by atoms with Gasteiger partial charge in [0.25, 0.3) is 5.69 Å². The highest BCUT2D eigenvalue weighted by molar-refractivity contribution is 7.89. The quantitative estimate of drug-likeness (QED) is 0.609. The third-order valence-corrected chi connectivity index (χ3v) is 3.96. The number of sulfonamides is 1. The molecule has 0 unspecified atom stereocenters. The van der Waals surface area contributed by atoms with Gasteiger partial charge in [0.1, 0.15) is 6.54 Å². The Kier molecular flexibility index (Phi) is 3.99. The summed E-state index contributed by atoms with van der Waals surface area (Å²) in [5.41, 5.74) is -0.588. The predicted octanol–water partition coefficient (Wildman–Crippen LogP) is 0.300. The van der Waals surface area contributed by atoms with E-state index in [1.54, 1.807) is 0 Å². The molecule has 0 aliphatic rings. The number of nitrogens with zero attached hydrogens (tertiary/aromatic N) is 2. The van der Waals surface area contributed by atoms with Gasteiger partial charge < -0.3 is 5.11 Å². The number of carbonyl (C=O) groups is 1. The minimum absolute atomic E-state index is 0.529. The van der Waals surface area contributed by atoms with E-state index in [1.807, 2.05) is 0 Å². The molecule has 9 heteroatoms. The van der Waals surface area contributed by atoms with Crippen molar-refractivity contribution in [2.24, 2.45) is 0 Å². The molecule has 1 aromatic carbocycles. The van der Waals surface area contributed by atoms with Gasteiger partial charge in [-0.15, -0.1) is 0 Å². The average Bonchev–Trinajstić information content (AvgIpc) is 2.28. The van der Waals surface area contributed by atoms with Gasteiger partial charge in [0, 0.05) is 13.1 Å². The van der Waals surface area contributed by atoms with E-state index < -0.39 is 38.0 Å². The van der Waals surface area contributed by atoms with Crippen molar-refractivity contribution in [3.8, 4) is 0 Å². The maximum atomic E-state index is 12.0. The van der Waals surface area contributed by atoms with E-state index in [-0.39, 0.29) is 0 Å². The molecular formula is C9H10N2O6S. The van der Waals surface area contributed by atoms with Crippen LogP contribution in [-0.4, -0.2) is 42.3 Å². The molecule has 0 atom stereocenters. The van der Waals surface area contributed by atoms with E-state index in [2.05, 4.69) is 0 Å². The van der Waals surface area contributed by atoms with Crippen LogP contribution in [0.15, 0.2) is 29.2 Å². The molecule has 0 aliphatic carbocycles. The van der Waals surface area contributed by atoms with Crippen LogP contribution in [0.2, 0.25) is 0 Å². The van der Waals surface area contributed by atoms with E-state index in [1.165, 1.54) is 12.1 Å². The first-order chi connectivity index (χ1) is 8.26. The lowest BCUT2D eigenvalue weighted by Crippen LogP contribution is -2.32. The van der Waals surface area contributed by atoms with Crippen LogP contribution in [0.4, 0.5) is 5.69 Å². The van der Waals surface area contributed by atoms with E-state index in [0.717, 1.165) is 19.2 Å². The number of benzene rings is 1. The standard InChI is InChI=1S/C9H10N2O6S/c1-10(6-9(12)13)18(16,17)8-5-3-2-4-7(8)11(14)15/h2-5H,6H2,1H3,(H,12,13). The summed E-state index contributed by atoms with van der Waals surface area (Å²) in [4.78, 5) is 19.8. The van der Waals surface area contributed by atoms with Crippen molar-refractivity contribution in [2.45, 2.75) is 4.90 Å². The number of nitro groups is 1. The van der Waals surface area contributed by atoms with Crippen LogP contribution in [0.25, 0.3) is 0 Å².